The zero-order valence-electron chi connectivity index (χ0n) is 25.9. The maximum Gasteiger partial charge on any atom is 0.152 e. The number of fused-ring (bicyclic) bond motifs is 1. The van der Waals surface area contributed by atoms with Crippen molar-refractivity contribution in [2.24, 2.45) is 17.8 Å². The lowest BCUT2D eigenvalue weighted by Crippen LogP contribution is -2.67. The molecular weight excluding hydrogens is 570 g/mol. The third-order valence-electron chi connectivity index (χ3n) is 10.8. The van der Waals surface area contributed by atoms with Gasteiger partial charge in [-0.05, 0) is 56.6 Å². The summed E-state index contributed by atoms with van der Waals surface area (Å²) in [4.78, 5) is 17.6. The van der Waals surface area contributed by atoms with E-state index >= 15 is 0 Å². The predicted molar refractivity (Wildman–Crippen MR) is 166 cm³/mol. The Morgan fingerprint density at radius 2 is 1.86 bits per heavy atom. The minimum absolute atomic E-state index is 0.0275. The summed E-state index contributed by atoms with van der Waals surface area (Å²) in [5.41, 5.74) is 3.69. The van der Waals surface area contributed by atoms with Crippen molar-refractivity contribution in [3.63, 3.8) is 0 Å². The molecule has 5 heterocycles. The van der Waals surface area contributed by atoms with E-state index in [4.69, 9.17) is 9.47 Å². The van der Waals surface area contributed by atoms with Crippen LogP contribution >= 0.6 is 11.8 Å². The lowest BCUT2D eigenvalue weighted by Gasteiger charge is -2.43. The lowest BCUT2D eigenvalue weighted by atomic mass is 9.75. The highest BCUT2D eigenvalue weighted by Gasteiger charge is 2.50. The van der Waals surface area contributed by atoms with E-state index in [-0.39, 0.29) is 43.3 Å². The molecule has 6 N–H and O–H groups in total. The number of carbonyl (C=O) groups excluding carboxylic acids is 1. The first kappa shape index (κ1) is 32.5. The number of hydrogen-bond acceptors (Lipinski definition) is 13. The van der Waals surface area contributed by atoms with E-state index in [9.17, 15) is 15.0 Å². The number of aliphatic hydroxyl groups is 2. The Morgan fingerprint density at radius 1 is 1.09 bits per heavy atom. The van der Waals surface area contributed by atoms with Gasteiger partial charge in [0.2, 0.25) is 0 Å². The van der Waals surface area contributed by atoms with Crippen molar-refractivity contribution in [3.05, 3.63) is 0 Å². The van der Waals surface area contributed by atoms with Crippen molar-refractivity contribution in [1.82, 2.24) is 36.2 Å². The third kappa shape index (κ3) is 7.94. The highest BCUT2D eigenvalue weighted by atomic mass is 32.2. The molecule has 0 amide bonds. The van der Waals surface area contributed by atoms with Crippen LogP contribution in [0.15, 0.2) is 0 Å². The molecule has 0 spiro atoms. The van der Waals surface area contributed by atoms with E-state index in [1.54, 1.807) is 0 Å². The van der Waals surface area contributed by atoms with Gasteiger partial charge in [-0.1, -0.05) is 0 Å². The Labute approximate surface area is 261 Å². The van der Waals surface area contributed by atoms with E-state index in [2.05, 4.69) is 43.1 Å². The molecule has 246 valence electrons. The van der Waals surface area contributed by atoms with Crippen LogP contribution in [0.1, 0.15) is 45.4 Å². The molecule has 6 fully saturated rings. The lowest BCUT2D eigenvalue weighted by molar-refractivity contribution is -0.170. The van der Waals surface area contributed by atoms with Crippen LogP contribution in [0.3, 0.4) is 0 Å². The first-order valence-electron chi connectivity index (χ1n) is 16.9. The van der Waals surface area contributed by atoms with Crippen molar-refractivity contribution in [3.8, 4) is 0 Å². The van der Waals surface area contributed by atoms with Crippen molar-refractivity contribution >= 4 is 17.5 Å². The Morgan fingerprint density at radius 3 is 2.60 bits per heavy atom. The van der Waals surface area contributed by atoms with E-state index < -0.39 is 0 Å². The zero-order chi connectivity index (χ0) is 29.8. The Bertz CT molecular complexity index is 889. The predicted octanol–water partition coefficient (Wildman–Crippen LogP) is -0.813. The van der Waals surface area contributed by atoms with Crippen LogP contribution in [0.5, 0.6) is 0 Å². The standard InChI is InChI=1S/C30H55N7O5S/c1-20-22(17-35(8-12-38)9-13-39)18-37(34-20)26-6-7-31-30(33-26)32-23-4-2-21(3-5-23)24-19-43-29-25(40)16-27(42-28(24)29)36-10-14-41-15-11-36/h20-24,26-34,38-39H,2-19H2,1H3. The molecule has 43 heavy (non-hydrogen) atoms. The molecule has 0 aromatic heterocycles. The molecule has 12 nitrogen and oxygen atoms in total. The largest absolute Gasteiger partial charge is 0.395 e. The fraction of sp³-hybridized carbons (Fsp3) is 0.967. The summed E-state index contributed by atoms with van der Waals surface area (Å²) in [5, 5.41) is 32.5. The van der Waals surface area contributed by atoms with Crippen LogP contribution in [0, 0.1) is 17.8 Å². The second-order valence-corrected chi connectivity index (χ2v) is 14.7. The van der Waals surface area contributed by atoms with Crippen molar-refractivity contribution in [2.75, 3.05) is 78.0 Å². The molecule has 8 unspecified atom stereocenters. The van der Waals surface area contributed by atoms with E-state index in [0.29, 0.717) is 55.1 Å². The molecule has 8 atom stereocenters. The van der Waals surface area contributed by atoms with E-state index in [1.165, 1.54) is 12.8 Å². The normalized spacial score (nSPS) is 41.6. The number of thioether (sulfide) groups is 1. The van der Waals surface area contributed by atoms with Crippen LogP contribution in [-0.4, -0.2) is 151 Å². The molecule has 0 bridgehead atoms. The summed E-state index contributed by atoms with van der Waals surface area (Å²) in [5.74, 6) is 2.98. The summed E-state index contributed by atoms with van der Waals surface area (Å²) in [6, 6.07) is 0.822. The SMILES string of the molecule is CC1NN(C2CCNC(NC3CCC(C4CSC5C(=O)CC(N6CCOCC6)OC54)CC3)N2)CC1CN(CCO)CCO. The number of nitrogens with zero attached hydrogens (tertiary/aromatic N) is 3. The Hall–Kier alpha value is -0.420. The summed E-state index contributed by atoms with van der Waals surface area (Å²) in [6.07, 6.45) is 6.56. The Kier molecular flexibility index (Phi) is 11.7. The van der Waals surface area contributed by atoms with E-state index in [0.717, 1.165) is 71.0 Å². The second-order valence-electron chi connectivity index (χ2n) is 13.5. The van der Waals surface area contributed by atoms with Crippen molar-refractivity contribution in [2.45, 2.75) is 87.6 Å². The number of morpholine rings is 1. The summed E-state index contributed by atoms with van der Waals surface area (Å²) < 4.78 is 12.2. The van der Waals surface area contributed by atoms with Gasteiger partial charge in [-0.15, -0.1) is 11.8 Å². The van der Waals surface area contributed by atoms with E-state index in [1.807, 2.05) is 11.8 Å². The molecule has 6 aliphatic rings. The molecule has 5 saturated heterocycles. The average Bonchev–Trinajstić information content (AvgIpc) is 3.62. The van der Waals surface area contributed by atoms with Gasteiger partial charge in [0.15, 0.2) is 5.78 Å². The number of nitrogens with one attached hydrogen (secondary N) is 4. The van der Waals surface area contributed by atoms with Crippen molar-refractivity contribution < 1.29 is 24.5 Å². The van der Waals surface area contributed by atoms with Crippen molar-refractivity contribution in [1.29, 1.82) is 0 Å². The van der Waals surface area contributed by atoms with Gasteiger partial charge in [0.25, 0.3) is 0 Å². The summed E-state index contributed by atoms with van der Waals surface area (Å²) in [7, 11) is 0. The molecule has 5 aliphatic heterocycles. The van der Waals surface area contributed by atoms with Gasteiger partial charge in [-0.3, -0.25) is 36.0 Å². The number of carbonyl (C=O) groups is 1. The highest BCUT2D eigenvalue weighted by Crippen LogP contribution is 2.46. The smallest absolute Gasteiger partial charge is 0.152 e. The van der Waals surface area contributed by atoms with Gasteiger partial charge in [0, 0.05) is 70.2 Å². The quantitative estimate of drug-likeness (QED) is 0.171. The van der Waals surface area contributed by atoms with Gasteiger partial charge in [0.1, 0.15) is 12.5 Å². The molecular formula is C30H55N7O5S. The minimum atomic E-state index is -0.0726. The summed E-state index contributed by atoms with van der Waals surface area (Å²) >= 11 is 1.85. The maximum absolute atomic E-state index is 13.1. The molecule has 0 aromatic carbocycles. The average molecular weight is 626 g/mol. The number of ether oxygens (including phenoxy) is 2. The number of aliphatic hydroxyl groups excluding tert-OH is 2. The number of rotatable bonds is 11. The first-order valence-corrected chi connectivity index (χ1v) is 17.9. The first-order chi connectivity index (χ1) is 21.0. The molecule has 0 aromatic rings. The second kappa shape index (κ2) is 15.4. The molecule has 1 aliphatic carbocycles. The molecule has 13 heteroatoms. The van der Waals surface area contributed by atoms with Crippen LogP contribution in [0.2, 0.25) is 0 Å². The fourth-order valence-corrected chi connectivity index (χ4v) is 9.88. The highest BCUT2D eigenvalue weighted by molar-refractivity contribution is 8.01. The third-order valence-corrected chi connectivity index (χ3v) is 12.2. The van der Waals surface area contributed by atoms with Gasteiger partial charge in [0.05, 0.1) is 43.9 Å². The Balaban J connectivity index is 0.956. The van der Waals surface area contributed by atoms with Gasteiger partial charge in [-0.2, -0.15) is 0 Å². The van der Waals surface area contributed by atoms with Crippen LogP contribution in [0.25, 0.3) is 0 Å². The van der Waals surface area contributed by atoms with Gasteiger partial charge < -0.3 is 19.7 Å². The van der Waals surface area contributed by atoms with Crippen LogP contribution in [-0.2, 0) is 14.3 Å². The number of Topliss-reactive ketones (excluding diaryl/α,β-unsaturated/α-hetero) is 1. The number of ketones is 1. The maximum atomic E-state index is 13.1. The topological polar surface area (TPSA) is 134 Å². The molecule has 6 rings (SSSR count). The molecule has 0 radical (unpaired) electrons. The van der Waals surface area contributed by atoms with Gasteiger partial charge in [-0.25, -0.2) is 5.01 Å². The zero-order valence-corrected chi connectivity index (χ0v) is 26.7. The number of hydrogen-bond donors (Lipinski definition) is 6. The monoisotopic (exact) mass is 625 g/mol. The van der Waals surface area contributed by atoms with Crippen LogP contribution < -0.4 is 21.4 Å². The van der Waals surface area contributed by atoms with Gasteiger partial charge >= 0.3 is 0 Å². The van der Waals surface area contributed by atoms with Crippen LogP contribution in [0.4, 0.5) is 0 Å². The molecule has 1 saturated carbocycles. The number of hydrazine groups is 1. The fourth-order valence-electron chi connectivity index (χ4n) is 8.25. The summed E-state index contributed by atoms with van der Waals surface area (Å²) in [6.45, 7) is 9.62. The minimum Gasteiger partial charge on any atom is -0.395 e.